The molecule has 0 bridgehead atoms. The molecule has 4 heterocycles. The van der Waals surface area contributed by atoms with E-state index in [1.54, 1.807) is 6.33 Å². The average molecular weight is 479 g/mol. The van der Waals surface area contributed by atoms with E-state index in [4.69, 9.17) is 4.74 Å². The maximum atomic E-state index is 12.9. The van der Waals surface area contributed by atoms with Crippen LogP contribution in [0.2, 0.25) is 0 Å². The molecule has 2 fully saturated rings. The van der Waals surface area contributed by atoms with Crippen LogP contribution in [0.15, 0.2) is 18.6 Å². The largest absolute Gasteiger partial charge is 0.466 e. The Morgan fingerprint density at radius 3 is 3.10 bits per heavy atom. The number of nitrogens with one attached hydrogen (secondary N) is 2. The van der Waals surface area contributed by atoms with Gasteiger partial charge in [0.15, 0.2) is 0 Å². The molecule has 164 valence electrons. The van der Waals surface area contributed by atoms with E-state index in [-0.39, 0.29) is 17.4 Å². The van der Waals surface area contributed by atoms with Crippen molar-refractivity contribution in [1.82, 2.24) is 29.2 Å². The van der Waals surface area contributed by atoms with Crippen LogP contribution < -0.4 is 15.0 Å². The van der Waals surface area contributed by atoms with E-state index < -0.39 is 0 Å². The highest BCUT2D eigenvalue weighted by Gasteiger charge is 2.50. The Bertz CT molecular complexity index is 1090. The minimum atomic E-state index is -0.172. The molecule has 0 aromatic carbocycles. The summed E-state index contributed by atoms with van der Waals surface area (Å²) in [5.74, 6) is 1.72. The number of likely N-dealkylation sites (tertiary alicyclic amines) is 1. The maximum absolute atomic E-state index is 12.9. The fourth-order valence-corrected chi connectivity index (χ4v) is 6.87. The van der Waals surface area contributed by atoms with Gasteiger partial charge in [0, 0.05) is 37.4 Å². The van der Waals surface area contributed by atoms with Crippen LogP contribution in [0.1, 0.15) is 12.8 Å². The van der Waals surface area contributed by atoms with Crippen molar-refractivity contribution < 1.29 is 9.53 Å². The first-order chi connectivity index (χ1) is 15.1. The number of H-pyrrole nitrogens is 1. The third-order valence-corrected chi connectivity index (χ3v) is 8.30. The minimum Gasteiger partial charge on any atom is -0.466 e. The van der Waals surface area contributed by atoms with Crippen LogP contribution in [0, 0.1) is 11.8 Å². The van der Waals surface area contributed by atoms with Crippen molar-refractivity contribution in [3.8, 4) is 6.01 Å². The second-order valence-corrected chi connectivity index (χ2v) is 9.84. The summed E-state index contributed by atoms with van der Waals surface area (Å²) in [4.78, 5) is 33.1. The molecule has 2 N–H and O–H groups in total. The molecule has 3 aromatic heterocycles. The lowest BCUT2D eigenvalue weighted by Crippen LogP contribution is -2.40. The van der Waals surface area contributed by atoms with Crippen LogP contribution in [0.5, 0.6) is 6.01 Å². The zero-order valence-corrected chi connectivity index (χ0v) is 19.5. The van der Waals surface area contributed by atoms with Gasteiger partial charge in [0.25, 0.3) is 0 Å². The monoisotopic (exact) mass is 478 g/mol. The van der Waals surface area contributed by atoms with Crippen LogP contribution in [0.4, 0.5) is 15.7 Å². The fraction of sp³-hybridized carbons (Fsp3) is 0.500. The number of hydrogen-bond donors (Lipinski definition) is 3. The van der Waals surface area contributed by atoms with Crippen LogP contribution in [-0.4, -0.2) is 67.4 Å². The SMILES string of the molecule is COc1nsc(NC(=O)N2C[C@@H]3C[C@H](N(C)c4ncnc5[nH]ccc45)C[C@@H]3C2SS)n1. The van der Waals surface area contributed by atoms with Crippen molar-refractivity contribution in [3.63, 3.8) is 0 Å². The standard InChI is InChI=1S/C18H22N8O2S3/c1-25(14-11-3-4-19-13(11)20-8-21-14)10-5-9-7-26(15(31-29)12(9)6-10)18(27)23-17-22-16(28-2)24-30-17/h3-4,8-10,12,15,29H,5-7H2,1-2H3,(H,19,20,21)(H,22,23,24,27)/t9-,10-,12-,15?/m0/s1. The van der Waals surface area contributed by atoms with Gasteiger partial charge in [-0.2, -0.15) is 4.98 Å². The molecular weight excluding hydrogens is 456 g/mol. The smallest absolute Gasteiger partial charge is 0.329 e. The number of methoxy groups -OCH3 is 1. The van der Waals surface area contributed by atoms with E-state index in [1.807, 2.05) is 17.2 Å². The number of hydrogen-bond acceptors (Lipinski definition) is 10. The van der Waals surface area contributed by atoms with Crippen LogP contribution in [-0.2, 0) is 0 Å². The Labute approximate surface area is 192 Å². The van der Waals surface area contributed by atoms with Gasteiger partial charge in [0.1, 0.15) is 17.8 Å². The summed E-state index contributed by atoms with van der Waals surface area (Å²) in [5.41, 5.74) is 0.843. The molecule has 1 saturated carbocycles. The summed E-state index contributed by atoms with van der Waals surface area (Å²) in [6, 6.07) is 2.45. The molecular formula is C18H22N8O2S3. The molecule has 2 amide bonds. The number of anilines is 2. The predicted octanol–water partition coefficient (Wildman–Crippen LogP) is 3.10. The topological polar surface area (TPSA) is 112 Å². The maximum Gasteiger partial charge on any atom is 0.329 e. The zero-order chi connectivity index (χ0) is 21.5. The van der Waals surface area contributed by atoms with Gasteiger partial charge in [-0.25, -0.2) is 14.8 Å². The Morgan fingerprint density at radius 1 is 1.45 bits per heavy atom. The van der Waals surface area contributed by atoms with Gasteiger partial charge >= 0.3 is 12.0 Å². The number of aromatic amines is 1. The van der Waals surface area contributed by atoms with Crippen LogP contribution in [0.3, 0.4) is 0 Å². The average Bonchev–Trinajstić information content (AvgIpc) is 3.54. The molecule has 3 aromatic rings. The Kier molecular flexibility index (Phi) is 5.56. The van der Waals surface area contributed by atoms with E-state index in [9.17, 15) is 4.79 Å². The molecule has 1 unspecified atom stereocenters. The van der Waals surface area contributed by atoms with Crippen molar-refractivity contribution in [3.05, 3.63) is 18.6 Å². The summed E-state index contributed by atoms with van der Waals surface area (Å²) >= 11 is 5.60. The van der Waals surface area contributed by atoms with Crippen molar-refractivity contribution >= 4 is 62.0 Å². The van der Waals surface area contributed by atoms with E-state index in [0.717, 1.165) is 41.2 Å². The number of carbonyl (C=O) groups is 1. The van der Waals surface area contributed by atoms with Gasteiger partial charge in [-0.1, -0.05) is 10.8 Å². The lowest BCUT2D eigenvalue weighted by Gasteiger charge is -2.30. The summed E-state index contributed by atoms with van der Waals surface area (Å²) in [6.45, 7) is 0.693. The number of urea groups is 1. The number of fused-ring (bicyclic) bond motifs is 2. The number of carbonyl (C=O) groups excluding carboxylic acids is 1. The predicted molar refractivity (Wildman–Crippen MR) is 125 cm³/mol. The molecule has 4 atom stereocenters. The van der Waals surface area contributed by atoms with Gasteiger partial charge in [0.2, 0.25) is 5.13 Å². The zero-order valence-electron chi connectivity index (χ0n) is 16.9. The highest BCUT2D eigenvalue weighted by molar-refractivity contribution is 8.68. The summed E-state index contributed by atoms with van der Waals surface area (Å²) in [5, 5.41) is 4.30. The molecule has 2 aliphatic rings. The first-order valence-electron chi connectivity index (χ1n) is 9.85. The molecule has 1 aliphatic heterocycles. The van der Waals surface area contributed by atoms with Gasteiger partial charge < -0.3 is 19.5 Å². The fourth-order valence-electron chi connectivity index (χ4n) is 4.74. The van der Waals surface area contributed by atoms with Gasteiger partial charge in [-0.15, -0.1) is 16.0 Å². The van der Waals surface area contributed by atoms with E-state index >= 15 is 0 Å². The lowest BCUT2D eigenvalue weighted by atomic mass is 10.0. The van der Waals surface area contributed by atoms with Gasteiger partial charge in [-0.3, -0.25) is 5.32 Å². The normalized spacial score (nSPS) is 25.1. The number of rotatable bonds is 5. The Morgan fingerprint density at radius 2 is 2.32 bits per heavy atom. The van der Waals surface area contributed by atoms with E-state index in [0.29, 0.717) is 29.6 Å². The number of ether oxygens (including phenoxy) is 1. The summed E-state index contributed by atoms with van der Waals surface area (Å²) < 4.78 is 9.01. The van der Waals surface area contributed by atoms with Gasteiger partial charge in [-0.05, 0) is 30.7 Å². The van der Waals surface area contributed by atoms with Crippen molar-refractivity contribution in [2.75, 3.05) is 30.9 Å². The highest BCUT2D eigenvalue weighted by Crippen LogP contribution is 2.49. The Hall–Kier alpha value is -2.25. The molecule has 13 heteroatoms. The van der Waals surface area contributed by atoms with Crippen molar-refractivity contribution in [1.29, 1.82) is 0 Å². The molecule has 1 saturated heterocycles. The number of thiol groups is 1. The van der Waals surface area contributed by atoms with Crippen molar-refractivity contribution in [2.24, 2.45) is 11.8 Å². The Balaban J connectivity index is 1.28. The number of aromatic nitrogens is 5. The summed E-state index contributed by atoms with van der Waals surface area (Å²) in [7, 11) is 5.02. The third-order valence-electron chi connectivity index (χ3n) is 6.22. The second-order valence-electron chi connectivity index (χ2n) is 7.76. The van der Waals surface area contributed by atoms with Crippen LogP contribution in [0.25, 0.3) is 11.0 Å². The molecule has 1 aliphatic carbocycles. The minimum absolute atomic E-state index is 0.000716. The molecule has 0 radical (unpaired) electrons. The van der Waals surface area contributed by atoms with Crippen LogP contribution >= 0.6 is 34.0 Å². The third kappa shape index (κ3) is 3.68. The highest BCUT2D eigenvalue weighted by atomic mass is 33.1. The van der Waals surface area contributed by atoms with Crippen molar-refractivity contribution in [2.45, 2.75) is 24.3 Å². The number of amides is 2. The lowest BCUT2D eigenvalue weighted by molar-refractivity contribution is 0.214. The molecule has 0 spiro atoms. The first kappa shape index (κ1) is 20.6. The van der Waals surface area contributed by atoms with E-state index in [2.05, 4.69) is 53.2 Å². The molecule has 31 heavy (non-hydrogen) atoms. The molecule has 5 rings (SSSR count). The van der Waals surface area contributed by atoms with E-state index in [1.165, 1.54) is 17.9 Å². The quantitative estimate of drug-likeness (QED) is 0.379. The first-order valence-corrected chi connectivity index (χ1v) is 12.6. The second kappa shape index (κ2) is 8.36. The molecule has 10 nitrogen and oxygen atoms in total. The van der Waals surface area contributed by atoms with Gasteiger partial charge in [0.05, 0.1) is 17.9 Å². The number of nitrogens with zero attached hydrogens (tertiary/aromatic N) is 6. The summed E-state index contributed by atoms with van der Waals surface area (Å²) in [6.07, 6.45) is 5.46.